The van der Waals surface area contributed by atoms with Gasteiger partial charge in [-0.3, -0.25) is 0 Å². The Bertz CT molecular complexity index is 3080. The van der Waals surface area contributed by atoms with Crippen LogP contribution in [0.5, 0.6) is 0 Å². The SMILES string of the molecule is CCc1ccc(N2c3ccc(CC)cc3B3c4cc(CC)ccc4N(c4ccc(CC)cc4-c4cccc5c6ccccc6c6ccccc6c45)c4cccc2c43)cc1. The molecule has 2 aliphatic heterocycles. The second-order valence-corrected chi connectivity index (χ2v) is 16.4. The fourth-order valence-corrected chi connectivity index (χ4v) is 10.3. The zero-order valence-corrected chi connectivity index (χ0v) is 34.4. The van der Waals surface area contributed by atoms with Gasteiger partial charge in [0.15, 0.2) is 0 Å². The number of benzene rings is 9. The molecule has 0 bridgehead atoms. The number of aryl methyl sites for hydroxylation is 4. The maximum Gasteiger partial charge on any atom is 0.252 e. The second kappa shape index (κ2) is 14.1. The molecule has 0 amide bonds. The van der Waals surface area contributed by atoms with Gasteiger partial charge >= 0.3 is 0 Å². The van der Waals surface area contributed by atoms with Crippen LogP contribution in [-0.2, 0) is 25.7 Å². The van der Waals surface area contributed by atoms with Crippen LogP contribution in [0.4, 0.5) is 34.1 Å². The van der Waals surface area contributed by atoms with E-state index in [2.05, 4.69) is 201 Å². The van der Waals surface area contributed by atoms with Crippen molar-refractivity contribution < 1.29 is 0 Å². The number of nitrogens with zero attached hydrogens (tertiary/aromatic N) is 2. The summed E-state index contributed by atoms with van der Waals surface area (Å²) in [6.45, 7) is 9.16. The van der Waals surface area contributed by atoms with Gasteiger partial charge in [0.05, 0.1) is 5.69 Å². The van der Waals surface area contributed by atoms with Crippen molar-refractivity contribution >= 4 is 89.5 Å². The summed E-state index contributed by atoms with van der Waals surface area (Å²) in [5, 5.41) is 7.79. The summed E-state index contributed by atoms with van der Waals surface area (Å²) in [6.07, 6.45) is 3.96. The summed E-state index contributed by atoms with van der Waals surface area (Å²) in [4.78, 5) is 5.13. The Labute approximate surface area is 348 Å². The molecule has 59 heavy (non-hydrogen) atoms. The third kappa shape index (κ3) is 5.41. The van der Waals surface area contributed by atoms with Crippen LogP contribution in [0.1, 0.15) is 49.9 Å². The van der Waals surface area contributed by atoms with E-state index in [1.54, 1.807) is 0 Å². The average molecular weight is 759 g/mol. The maximum atomic E-state index is 2.61. The van der Waals surface area contributed by atoms with Gasteiger partial charge in [-0.25, -0.2) is 0 Å². The Hall–Kier alpha value is -6.58. The number of fused-ring (bicyclic) bond motifs is 10. The van der Waals surface area contributed by atoms with Crippen LogP contribution >= 0.6 is 0 Å². The Balaban J connectivity index is 1.23. The van der Waals surface area contributed by atoms with Gasteiger partial charge in [-0.15, -0.1) is 0 Å². The van der Waals surface area contributed by atoms with Crippen molar-refractivity contribution in [1.82, 2.24) is 0 Å². The third-order valence-electron chi connectivity index (χ3n) is 13.3. The summed E-state index contributed by atoms with van der Waals surface area (Å²) in [7, 11) is 0. The molecule has 0 saturated carbocycles. The van der Waals surface area contributed by atoms with Crippen LogP contribution in [0.15, 0.2) is 164 Å². The lowest BCUT2D eigenvalue weighted by atomic mass is 9.33. The largest absolute Gasteiger partial charge is 0.311 e. The van der Waals surface area contributed by atoms with Gasteiger partial charge in [0.1, 0.15) is 0 Å². The van der Waals surface area contributed by atoms with Crippen LogP contribution in [0.2, 0.25) is 0 Å². The topological polar surface area (TPSA) is 6.48 Å². The molecule has 3 heteroatoms. The molecule has 0 aromatic heterocycles. The molecule has 2 heterocycles. The standard InChI is InChI=1S/C56H47BN2/c1-5-36-23-28-40(29-24-36)58-51-31-26-38(7-3)34-48(51)57-49-35-39(8-4)27-32-52(49)59(54-22-14-21-53(58)56(54)57)50-30-25-37(6-2)33-47(50)46-20-13-19-45-43-16-10-9-15-41(43)42-17-11-12-18-44(42)55(45)46/h9-35H,5-8H2,1-4H3. The maximum absolute atomic E-state index is 2.61. The van der Waals surface area contributed by atoms with E-state index in [0.29, 0.717) is 0 Å². The van der Waals surface area contributed by atoms with Crippen molar-refractivity contribution in [2.24, 2.45) is 0 Å². The van der Waals surface area contributed by atoms with E-state index in [-0.39, 0.29) is 6.71 Å². The Morgan fingerprint density at radius 2 is 0.814 bits per heavy atom. The highest BCUT2D eigenvalue weighted by atomic mass is 15.2. The van der Waals surface area contributed by atoms with Crippen LogP contribution in [0.3, 0.4) is 0 Å². The molecule has 2 aliphatic rings. The highest BCUT2D eigenvalue weighted by Crippen LogP contribution is 2.49. The molecular formula is C56H47BN2. The quantitative estimate of drug-likeness (QED) is 0.118. The molecule has 0 radical (unpaired) electrons. The van der Waals surface area contributed by atoms with E-state index >= 15 is 0 Å². The molecule has 0 unspecified atom stereocenters. The van der Waals surface area contributed by atoms with Crippen molar-refractivity contribution in [1.29, 1.82) is 0 Å². The first-order valence-electron chi connectivity index (χ1n) is 21.6. The van der Waals surface area contributed by atoms with Gasteiger partial charge in [0.25, 0.3) is 6.71 Å². The smallest absolute Gasteiger partial charge is 0.252 e. The first-order chi connectivity index (χ1) is 29.1. The summed E-state index contributed by atoms with van der Waals surface area (Å²) in [5.41, 5.74) is 19.5. The van der Waals surface area contributed by atoms with E-state index in [0.717, 1.165) is 25.7 Å². The zero-order chi connectivity index (χ0) is 39.8. The molecule has 9 aromatic rings. The van der Waals surface area contributed by atoms with E-state index in [1.807, 2.05) is 0 Å². The van der Waals surface area contributed by atoms with Gasteiger partial charge in [-0.05, 0) is 151 Å². The summed E-state index contributed by atoms with van der Waals surface area (Å²) >= 11 is 0. The minimum absolute atomic E-state index is 0.0952. The predicted octanol–water partition coefficient (Wildman–Crippen LogP) is 13.1. The van der Waals surface area contributed by atoms with Crippen LogP contribution in [0.25, 0.3) is 43.4 Å². The second-order valence-electron chi connectivity index (χ2n) is 16.4. The first-order valence-corrected chi connectivity index (χ1v) is 21.6. The molecule has 0 saturated heterocycles. The molecule has 11 rings (SSSR count). The van der Waals surface area contributed by atoms with Crippen molar-refractivity contribution in [2.75, 3.05) is 9.80 Å². The highest BCUT2D eigenvalue weighted by molar-refractivity contribution is 7.00. The van der Waals surface area contributed by atoms with Crippen LogP contribution in [-0.4, -0.2) is 6.71 Å². The molecular weight excluding hydrogens is 711 g/mol. The van der Waals surface area contributed by atoms with Crippen LogP contribution in [0, 0.1) is 0 Å². The van der Waals surface area contributed by atoms with Gasteiger partial charge in [0.2, 0.25) is 0 Å². The van der Waals surface area contributed by atoms with E-state index in [4.69, 9.17) is 0 Å². The van der Waals surface area contributed by atoms with Crippen molar-refractivity contribution in [3.05, 3.63) is 186 Å². The van der Waals surface area contributed by atoms with E-state index in [1.165, 1.54) is 116 Å². The zero-order valence-electron chi connectivity index (χ0n) is 34.4. The number of rotatable bonds is 7. The summed E-state index contributed by atoms with van der Waals surface area (Å²) in [5.74, 6) is 0. The van der Waals surface area contributed by atoms with Crippen molar-refractivity contribution in [3.63, 3.8) is 0 Å². The lowest BCUT2D eigenvalue weighted by molar-refractivity contribution is 1.13. The molecule has 0 spiro atoms. The van der Waals surface area contributed by atoms with Gasteiger partial charge in [0, 0.05) is 34.0 Å². The number of anilines is 6. The van der Waals surface area contributed by atoms with Gasteiger partial charge in [-0.1, -0.05) is 143 Å². The molecule has 0 N–H and O–H groups in total. The lowest BCUT2D eigenvalue weighted by Crippen LogP contribution is -2.61. The summed E-state index contributed by atoms with van der Waals surface area (Å²) < 4.78 is 0. The highest BCUT2D eigenvalue weighted by Gasteiger charge is 2.43. The molecule has 0 aliphatic carbocycles. The average Bonchev–Trinajstić information content (AvgIpc) is 3.31. The monoisotopic (exact) mass is 758 g/mol. The predicted molar refractivity (Wildman–Crippen MR) is 256 cm³/mol. The van der Waals surface area contributed by atoms with Crippen LogP contribution < -0.4 is 26.2 Å². The normalized spacial score (nSPS) is 12.9. The third-order valence-corrected chi connectivity index (χ3v) is 13.3. The minimum atomic E-state index is 0.0952. The van der Waals surface area contributed by atoms with Crippen molar-refractivity contribution in [2.45, 2.75) is 53.4 Å². The fourth-order valence-electron chi connectivity index (χ4n) is 10.3. The fraction of sp³-hybridized carbons (Fsp3) is 0.143. The Kier molecular flexibility index (Phi) is 8.48. The first kappa shape index (κ1) is 35.6. The van der Waals surface area contributed by atoms with Crippen molar-refractivity contribution in [3.8, 4) is 11.1 Å². The molecule has 9 aromatic carbocycles. The van der Waals surface area contributed by atoms with Gasteiger partial charge in [-0.2, -0.15) is 0 Å². The molecule has 284 valence electrons. The number of hydrogen-bond acceptors (Lipinski definition) is 2. The minimum Gasteiger partial charge on any atom is -0.311 e. The van der Waals surface area contributed by atoms with E-state index < -0.39 is 0 Å². The lowest BCUT2D eigenvalue weighted by Gasteiger charge is -2.44. The Morgan fingerprint density at radius 1 is 0.356 bits per heavy atom. The van der Waals surface area contributed by atoms with Gasteiger partial charge < -0.3 is 9.80 Å². The molecule has 0 fully saturated rings. The van der Waals surface area contributed by atoms with E-state index in [9.17, 15) is 0 Å². The molecule has 0 atom stereocenters. The molecule has 2 nitrogen and oxygen atoms in total. The number of hydrogen-bond donors (Lipinski definition) is 0. The Morgan fingerprint density at radius 3 is 1.41 bits per heavy atom. The summed E-state index contributed by atoms with van der Waals surface area (Å²) in [6, 6.07) is 62.8.